The van der Waals surface area contributed by atoms with Crippen LogP contribution in [0.1, 0.15) is 25.5 Å². The summed E-state index contributed by atoms with van der Waals surface area (Å²) < 4.78 is 5.07. The largest absolute Gasteiger partial charge is 0.497 e. The van der Waals surface area contributed by atoms with Gasteiger partial charge in [-0.2, -0.15) is 0 Å². The lowest BCUT2D eigenvalue weighted by molar-refractivity contribution is -0.125. The van der Waals surface area contributed by atoms with E-state index in [-0.39, 0.29) is 12.5 Å². The Balaban J connectivity index is 2.60. The molecule has 5 nitrogen and oxygen atoms in total. The summed E-state index contributed by atoms with van der Waals surface area (Å²) in [5.41, 5.74) is 5.37. The molecule has 0 aliphatic heterocycles. The van der Waals surface area contributed by atoms with Gasteiger partial charge in [-0.1, -0.05) is 12.1 Å². The number of hydrogen-bond donors (Lipinski definition) is 3. The Morgan fingerprint density at radius 2 is 2.22 bits per heavy atom. The van der Waals surface area contributed by atoms with Gasteiger partial charge < -0.3 is 20.9 Å². The summed E-state index contributed by atoms with van der Waals surface area (Å²) in [6.07, 6.45) is -0.786. The van der Waals surface area contributed by atoms with E-state index in [2.05, 4.69) is 5.32 Å². The normalized spacial score (nSPS) is 12.9. The zero-order valence-corrected chi connectivity index (χ0v) is 10.9. The number of carbonyl (C=O) groups excluding carboxylic acids is 1. The first-order valence-electron chi connectivity index (χ1n) is 5.74. The maximum Gasteiger partial charge on any atom is 0.239 e. The highest BCUT2D eigenvalue weighted by atomic mass is 16.5. The summed E-state index contributed by atoms with van der Waals surface area (Å²) in [7, 11) is 1.56. The molecular formula is C13H20N2O3. The summed E-state index contributed by atoms with van der Waals surface area (Å²) in [5, 5.41) is 12.5. The van der Waals surface area contributed by atoms with E-state index in [1.165, 1.54) is 0 Å². The van der Waals surface area contributed by atoms with Gasteiger partial charge in [0.25, 0.3) is 0 Å². The molecule has 18 heavy (non-hydrogen) atoms. The van der Waals surface area contributed by atoms with E-state index < -0.39 is 11.6 Å². The first kappa shape index (κ1) is 14.5. The van der Waals surface area contributed by atoms with Crippen LogP contribution in [0.25, 0.3) is 0 Å². The molecule has 5 heteroatoms. The van der Waals surface area contributed by atoms with Crippen LogP contribution in [0.5, 0.6) is 5.75 Å². The molecule has 0 saturated heterocycles. The Kier molecular flexibility index (Phi) is 4.69. The molecule has 4 N–H and O–H groups in total. The SMILES string of the molecule is COc1cccc(C(O)CNC(=O)C(C)(C)N)c1. The number of methoxy groups -OCH3 is 1. The number of rotatable bonds is 5. The van der Waals surface area contributed by atoms with E-state index in [4.69, 9.17) is 10.5 Å². The molecule has 0 fully saturated rings. The maximum absolute atomic E-state index is 11.6. The lowest BCUT2D eigenvalue weighted by atomic mass is 10.1. The van der Waals surface area contributed by atoms with Crippen molar-refractivity contribution >= 4 is 5.91 Å². The number of nitrogens with two attached hydrogens (primary N) is 1. The number of aliphatic hydroxyl groups excluding tert-OH is 1. The molecule has 0 aromatic heterocycles. The average Bonchev–Trinajstić information content (AvgIpc) is 2.34. The van der Waals surface area contributed by atoms with E-state index in [0.29, 0.717) is 11.3 Å². The number of benzene rings is 1. The van der Waals surface area contributed by atoms with Crippen LogP contribution in [0.2, 0.25) is 0 Å². The quantitative estimate of drug-likeness (QED) is 0.715. The number of aliphatic hydroxyl groups is 1. The Morgan fingerprint density at radius 3 is 2.78 bits per heavy atom. The molecule has 0 spiro atoms. The van der Waals surface area contributed by atoms with Gasteiger partial charge in [-0.15, -0.1) is 0 Å². The van der Waals surface area contributed by atoms with Crippen molar-refractivity contribution in [3.63, 3.8) is 0 Å². The van der Waals surface area contributed by atoms with E-state index in [0.717, 1.165) is 0 Å². The second-order valence-electron chi connectivity index (χ2n) is 4.72. The van der Waals surface area contributed by atoms with Crippen LogP contribution < -0.4 is 15.8 Å². The van der Waals surface area contributed by atoms with E-state index in [9.17, 15) is 9.90 Å². The van der Waals surface area contributed by atoms with Crippen LogP contribution in [-0.4, -0.2) is 30.2 Å². The molecule has 1 atom stereocenters. The van der Waals surface area contributed by atoms with Gasteiger partial charge in [-0.05, 0) is 31.5 Å². The summed E-state index contributed by atoms with van der Waals surface area (Å²) >= 11 is 0. The van der Waals surface area contributed by atoms with Gasteiger partial charge in [0, 0.05) is 6.54 Å². The molecular weight excluding hydrogens is 232 g/mol. The minimum Gasteiger partial charge on any atom is -0.497 e. The number of hydrogen-bond acceptors (Lipinski definition) is 4. The number of carbonyl (C=O) groups is 1. The number of nitrogens with one attached hydrogen (secondary N) is 1. The van der Waals surface area contributed by atoms with Gasteiger partial charge in [0.2, 0.25) is 5.91 Å². The number of ether oxygens (including phenoxy) is 1. The Bertz CT molecular complexity index is 413. The predicted molar refractivity (Wildman–Crippen MR) is 69.2 cm³/mol. The summed E-state index contributed by atoms with van der Waals surface area (Å²) in [6.45, 7) is 3.34. The fraction of sp³-hybridized carbons (Fsp3) is 0.462. The molecule has 0 heterocycles. The van der Waals surface area contributed by atoms with Gasteiger partial charge in [0.05, 0.1) is 18.8 Å². The zero-order chi connectivity index (χ0) is 13.8. The fourth-order valence-electron chi connectivity index (χ4n) is 1.38. The fourth-order valence-corrected chi connectivity index (χ4v) is 1.38. The van der Waals surface area contributed by atoms with Gasteiger partial charge in [-0.3, -0.25) is 4.79 Å². The van der Waals surface area contributed by atoms with Gasteiger partial charge in [0.1, 0.15) is 5.75 Å². The standard InChI is InChI=1S/C13H20N2O3/c1-13(2,14)12(17)15-8-11(16)9-5-4-6-10(7-9)18-3/h4-7,11,16H,8,14H2,1-3H3,(H,15,17). The Morgan fingerprint density at radius 1 is 1.56 bits per heavy atom. The van der Waals surface area contributed by atoms with Gasteiger partial charge >= 0.3 is 0 Å². The van der Waals surface area contributed by atoms with Crippen LogP contribution in [0.3, 0.4) is 0 Å². The third-order valence-electron chi connectivity index (χ3n) is 2.52. The highest BCUT2D eigenvalue weighted by Crippen LogP contribution is 2.18. The minimum atomic E-state index is -0.950. The smallest absolute Gasteiger partial charge is 0.239 e. The second kappa shape index (κ2) is 5.84. The van der Waals surface area contributed by atoms with Crippen molar-refractivity contribution in [2.45, 2.75) is 25.5 Å². The summed E-state index contributed by atoms with van der Waals surface area (Å²) in [5.74, 6) is 0.362. The first-order valence-corrected chi connectivity index (χ1v) is 5.74. The van der Waals surface area contributed by atoms with E-state index in [1.807, 2.05) is 0 Å². The lowest BCUT2D eigenvalue weighted by Gasteiger charge is -2.19. The summed E-state index contributed by atoms with van der Waals surface area (Å²) in [4.78, 5) is 11.6. The molecule has 0 saturated carbocycles. The predicted octanol–water partition coefficient (Wildman–Crippen LogP) is 0.582. The summed E-state index contributed by atoms with van der Waals surface area (Å²) in [6, 6.07) is 7.07. The first-order chi connectivity index (χ1) is 8.34. The van der Waals surface area contributed by atoms with Crippen molar-refractivity contribution in [3.05, 3.63) is 29.8 Å². The topological polar surface area (TPSA) is 84.6 Å². The van der Waals surface area contributed by atoms with Gasteiger partial charge in [-0.25, -0.2) is 0 Å². The lowest BCUT2D eigenvalue weighted by Crippen LogP contribution is -2.49. The van der Waals surface area contributed by atoms with Crippen molar-refractivity contribution in [3.8, 4) is 5.75 Å². The van der Waals surface area contributed by atoms with E-state index in [1.54, 1.807) is 45.2 Å². The molecule has 0 bridgehead atoms. The average molecular weight is 252 g/mol. The van der Waals surface area contributed by atoms with E-state index >= 15 is 0 Å². The van der Waals surface area contributed by atoms with Crippen LogP contribution in [0.15, 0.2) is 24.3 Å². The highest BCUT2D eigenvalue weighted by Gasteiger charge is 2.22. The molecule has 0 radical (unpaired) electrons. The third-order valence-corrected chi connectivity index (χ3v) is 2.52. The maximum atomic E-state index is 11.6. The monoisotopic (exact) mass is 252 g/mol. The second-order valence-corrected chi connectivity index (χ2v) is 4.72. The Labute approximate surface area is 107 Å². The molecule has 0 aliphatic rings. The third kappa shape index (κ3) is 4.01. The molecule has 100 valence electrons. The molecule has 1 rings (SSSR count). The van der Waals surface area contributed by atoms with Crippen LogP contribution in [0.4, 0.5) is 0 Å². The molecule has 1 unspecified atom stereocenters. The molecule has 1 aromatic rings. The minimum absolute atomic E-state index is 0.118. The Hall–Kier alpha value is -1.59. The van der Waals surface area contributed by atoms with Crippen LogP contribution in [0, 0.1) is 0 Å². The molecule has 1 amide bonds. The van der Waals surface area contributed by atoms with Crippen molar-refractivity contribution in [2.24, 2.45) is 5.73 Å². The highest BCUT2D eigenvalue weighted by molar-refractivity contribution is 5.85. The van der Waals surface area contributed by atoms with Crippen LogP contribution in [-0.2, 0) is 4.79 Å². The van der Waals surface area contributed by atoms with Crippen molar-refractivity contribution in [1.82, 2.24) is 5.32 Å². The zero-order valence-electron chi connectivity index (χ0n) is 10.9. The van der Waals surface area contributed by atoms with Crippen molar-refractivity contribution in [2.75, 3.05) is 13.7 Å². The number of amides is 1. The van der Waals surface area contributed by atoms with Crippen molar-refractivity contribution in [1.29, 1.82) is 0 Å². The molecule has 1 aromatic carbocycles. The van der Waals surface area contributed by atoms with Crippen LogP contribution >= 0.6 is 0 Å². The van der Waals surface area contributed by atoms with Crippen molar-refractivity contribution < 1.29 is 14.6 Å². The molecule has 0 aliphatic carbocycles. The van der Waals surface area contributed by atoms with Gasteiger partial charge in [0.15, 0.2) is 0 Å².